The van der Waals surface area contributed by atoms with E-state index in [0.29, 0.717) is 23.7 Å². The van der Waals surface area contributed by atoms with Gasteiger partial charge >= 0.3 is 0 Å². The number of ether oxygens (including phenoxy) is 2. The van der Waals surface area contributed by atoms with Crippen LogP contribution >= 0.6 is 11.3 Å². The van der Waals surface area contributed by atoms with Crippen molar-refractivity contribution in [3.63, 3.8) is 0 Å². The minimum absolute atomic E-state index is 0.127. The van der Waals surface area contributed by atoms with Gasteiger partial charge in [0.2, 0.25) is 12.7 Å². The highest BCUT2D eigenvalue weighted by Gasteiger charge is 2.48. The Morgan fingerprint density at radius 1 is 1.17 bits per heavy atom. The van der Waals surface area contributed by atoms with Gasteiger partial charge in [-0.2, -0.15) is 5.10 Å². The van der Waals surface area contributed by atoms with Crippen molar-refractivity contribution >= 4 is 23.2 Å². The van der Waals surface area contributed by atoms with Crippen LogP contribution < -0.4 is 14.8 Å². The van der Waals surface area contributed by atoms with Gasteiger partial charge in [0.05, 0.1) is 11.4 Å². The zero-order chi connectivity index (χ0) is 24.0. The zero-order valence-corrected chi connectivity index (χ0v) is 20.5. The smallest absolute Gasteiger partial charge is 0.273 e. The average molecular weight is 493 g/mol. The highest BCUT2D eigenvalue weighted by Crippen LogP contribution is 2.36. The molecular weight excluding hydrogens is 464 g/mol. The molecule has 1 N–H and O–H groups in total. The highest BCUT2D eigenvalue weighted by molar-refractivity contribution is 7.13. The third-order valence-corrected chi connectivity index (χ3v) is 8.17. The van der Waals surface area contributed by atoms with Crippen molar-refractivity contribution in [3.8, 4) is 22.1 Å². The van der Waals surface area contributed by atoms with E-state index in [0.717, 1.165) is 41.8 Å². The second-order valence-corrected chi connectivity index (χ2v) is 10.7. The van der Waals surface area contributed by atoms with E-state index in [1.165, 1.54) is 6.42 Å². The number of nitrogens with zero attached hydrogens (tertiary/aromatic N) is 3. The molecule has 9 heteroatoms. The number of hydrogen-bond donors (Lipinski definition) is 1. The van der Waals surface area contributed by atoms with Gasteiger partial charge in [0.1, 0.15) is 16.9 Å². The molecular formula is C26H28N4O4S. The maximum absolute atomic E-state index is 13.9. The second kappa shape index (κ2) is 8.71. The molecule has 4 heterocycles. The molecule has 0 saturated heterocycles. The quantitative estimate of drug-likeness (QED) is 0.577. The number of fused-ring (bicyclic) bond motifs is 2. The molecule has 0 spiro atoms. The Bertz CT molecular complexity index is 1260. The average Bonchev–Trinajstić information content (AvgIpc) is 3.62. The second-order valence-electron chi connectivity index (χ2n) is 9.71. The Labute approximate surface area is 207 Å². The van der Waals surface area contributed by atoms with Crippen LogP contribution in [0.2, 0.25) is 0 Å². The van der Waals surface area contributed by atoms with Crippen molar-refractivity contribution in [1.82, 2.24) is 20.0 Å². The van der Waals surface area contributed by atoms with E-state index in [1.807, 2.05) is 48.7 Å². The molecule has 3 aromatic rings. The van der Waals surface area contributed by atoms with Gasteiger partial charge in [-0.3, -0.25) is 14.3 Å². The van der Waals surface area contributed by atoms with Crippen LogP contribution in [0.3, 0.4) is 0 Å². The molecule has 1 aromatic carbocycles. The Morgan fingerprint density at radius 2 is 2.00 bits per heavy atom. The van der Waals surface area contributed by atoms with Crippen LogP contribution in [0.1, 0.15) is 55.1 Å². The van der Waals surface area contributed by atoms with Crippen LogP contribution in [0.5, 0.6) is 11.5 Å². The molecule has 1 unspecified atom stereocenters. The largest absolute Gasteiger partial charge is 0.454 e. The third-order valence-electron chi connectivity index (χ3n) is 7.28. The lowest BCUT2D eigenvalue weighted by Crippen LogP contribution is -2.64. The van der Waals surface area contributed by atoms with E-state index in [4.69, 9.17) is 14.6 Å². The summed E-state index contributed by atoms with van der Waals surface area (Å²) in [6.45, 7) is 2.62. The van der Waals surface area contributed by atoms with Gasteiger partial charge in [0, 0.05) is 12.6 Å². The van der Waals surface area contributed by atoms with Crippen molar-refractivity contribution in [2.45, 2.75) is 63.7 Å². The summed E-state index contributed by atoms with van der Waals surface area (Å²) in [5.41, 5.74) is 1.04. The van der Waals surface area contributed by atoms with Crippen LogP contribution in [0.4, 0.5) is 0 Å². The molecule has 6 rings (SSSR count). The fourth-order valence-electron chi connectivity index (χ4n) is 5.24. The number of benzene rings is 1. The molecule has 182 valence electrons. The van der Waals surface area contributed by atoms with E-state index in [9.17, 15) is 9.59 Å². The SMILES string of the molecule is CC1(C(=O)NC2CCCCC2)Cn2nc(-c3cccs3)cc2C(=O)N1Cc1ccc2c(c1)OCO2. The summed E-state index contributed by atoms with van der Waals surface area (Å²) in [5, 5.41) is 9.97. The van der Waals surface area contributed by atoms with Gasteiger partial charge in [-0.1, -0.05) is 31.4 Å². The molecule has 1 fully saturated rings. The minimum atomic E-state index is -1.09. The molecule has 2 aliphatic heterocycles. The highest BCUT2D eigenvalue weighted by atomic mass is 32.1. The molecule has 35 heavy (non-hydrogen) atoms. The number of carbonyl (C=O) groups excluding carboxylic acids is 2. The molecule has 2 aromatic heterocycles. The summed E-state index contributed by atoms with van der Waals surface area (Å²) in [4.78, 5) is 30.3. The fourth-order valence-corrected chi connectivity index (χ4v) is 5.93. The lowest BCUT2D eigenvalue weighted by molar-refractivity contribution is -0.134. The van der Waals surface area contributed by atoms with Crippen LogP contribution in [-0.4, -0.2) is 44.9 Å². The van der Waals surface area contributed by atoms with Crippen LogP contribution in [-0.2, 0) is 17.9 Å². The summed E-state index contributed by atoms with van der Waals surface area (Å²) >= 11 is 1.58. The molecule has 1 aliphatic carbocycles. The van der Waals surface area contributed by atoms with Gasteiger partial charge in [0.25, 0.3) is 5.91 Å². The summed E-state index contributed by atoms with van der Waals surface area (Å²) in [5.74, 6) is 1.02. The first kappa shape index (κ1) is 22.2. The Kier molecular flexibility index (Phi) is 5.51. The molecule has 1 saturated carbocycles. The standard InChI is InChI=1S/C26H28N4O4S/c1-26(25(32)27-18-6-3-2-4-7-18)15-30-20(13-19(28-30)23-8-5-11-35-23)24(31)29(26)14-17-9-10-21-22(12-17)34-16-33-21/h5,8-13,18H,2-4,6-7,14-16H2,1H3,(H,27,32). The number of carbonyl (C=O) groups is 2. The number of amides is 2. The topological polar surface area (TPSA) is 85.7 Å². The van der Waals surface area contributed by atoms with E-state index in [1.54, 1.807) is 20.9 Å². The maximum atomic E-state index is 13.9. The Morgan fingerprint density at radius 3 is 2.80 bits per heavy atom. The first-order chi connectivity index (χ1) is 17.0. The van der Waals surface area contributed by atoms with E-state index >= 15 is 0 Å². The Balaban J connectivity index is 1.35. The molecule has 0 bridgehead atoms. The number of hydrogen-bond acceptors (Lipinski definition) is 6. The van der Waals surface area contributed by atoms with E-state index < -0.39 is 5.54 Å². The van der Waals surface area contributed by atoms with Crippen LogP contribution in [0.25, 0.3) is 10.6 Å². The van der Waals surface area contributed by atoms with E-state index in [2.05, 4.69) is 5.32 Å². The third kappa shape index (κ3) is 3.97. The predicted octanol–water partition coefficient (Wildman–Crippen LogP) is 4.20. The molecule has 1 atom stereocenters. The van der Waals surface area contributed by atoms with Crippen molar-refractivity contribution in [1.29, 1.82) is 0 Å². The first-order valence-corrected chi connectivity index (χ1v) is 13.0. The van der Waals surface area contributed by atoms with E-state index in [-0.39, 0.29) is 31.2 Å². The molecule has 8 nitrogen and oxygen atoms in total. The normalized spacial score (nSPS) is 21.7. The van der Waals surface area contributed by atoms with Crippen molar-refractivity contribution in [2.24, 2.45) is 0 Å². The fraction of sp³-hybridized carbons (Fsp3) is 0.423. The molecule has 0 radical (unpaired) electrons. The number of nitrogens with one attached hydrogen (secondary N) is 1. The Hall–Kier alpha value is -3.33. The van der Waals surface area contributed by atoms with Crippen LogP contribution in [0, 0.1) is 0 Å². The lowest BCUT2D eigenvalue weighted by Gasteiger charge is -2.44. The van der Waals surface area contributed by atoms with Crippen LogP contribution in [0.15, 0.2) is 41.8 Å². The summed E-state index contributed by atoms with van der Waals surface area (Å²) in [7, 11) is 0. The summed E-state index contributed by atoms with van der Waals surface area (Å²) < 4.78 is 12.7. The summed E-state index contributed by atoms with van der Waals surface area (Å²) in [6, 6.07) is 11.6. The molecule has 2 amide bonds. The van der Waals surface area contributed by atoms with Crippen molar-refractivity contribution in [2.75, 3.05) is 6.79 Å². The lowest BCUT2D eigenvalue weighted by atomic mass is 9.91. The number of thiophene rings is 1. The molecule has 3 aliphatic rings. The van der Waals surface area contributed by atoms with Gasteiger partial charge in [-0.25, -0.2) is 0 Å². The monoisotopic (exact) mass is 492 g/mol. The number of aromatic nitrogens is 2. The predicted molar refractivity (Wildman–Crippen MR) is 131 cm³/mol. The number of rotatable bonds is 5. The zero-order valence-electron chi connectivity index (χ0n) is 19.7. The van der Waals surface area contributed by atoms with Crippen molar-refractivity contribution in [3.05, 3.63) is 53.0 Å². The maximum Gasteiger partial charge on any atom is 0.273 e. The first-order valence-electron chi connectivity index (χ1n) is 12.1. The summed E-state index contributed by atoms with van der Waals surface area (Å²) in [6.07, 6.45) is 5.41. The van der Waals surface area contributed by atoms with Crippen molar-refractivity contribution < 1.29 is 19.1 Å². The van der Waals surface area contributed by atoms with Gasteiger partial charge in [-0.05, 0) is 55.0 Å². The van der Waals surface area contributed by atoms with Gasteiger partial charge in [-0.15, -0.1) is 11.3 Å². The van der Waals surface area contributed by atoms with Gasteiger partial charge in [0.15, 0.2) is 11.5 Å². The van der Waals surface area contributed by atoms with Gasteiger partial charge < -0.3 is 19.7 Å². The minimum Gasteiger partial charge on any atom is -0.454 e.